The number of ether oxygens (including phenoxy) is 1. The standard InChI is InChI=1S/C26H29F5N2O3/c1-5-16(3)15-33(25(27)28)24-17(4)22(18-7-9-20(10-8-18)36-26(29,30)31)13-19(21(24)11-12-34)14-32-23(35)6-2/h6-10,13,15,25,34H,2,5,11-12,14H2,1,3-4H3,(H,32,35)/b16-15+. The number of alkyl halides is 5. The van der Waals surface area contributed by atoms with Crippen LogP contribution >= 0.6 is 0 Å². The second-order valence-electron chi connectivity index (χ2n) is 8.02. The molecule has 0 radical (unpaired) electrons. The van der Waals surface area contributed by atoms with Gasteiger partial charge in [-0.1, -0.05) is 31.2 Å². The van der Waals surface area contributed by atoms with Crippen molar-refractivity contribution in [2.24, 2.45) is 0 Å². The van der Waals surface area contributed by atoms with Crippen molar-refractivity contribution in [3.8, 4) is 16.9 Å². The van der Waals surface area contributed by atoms with Crippen molar-refractivity contribution in [2.75, 3.05) is 11.5 Å². The van der Waals surface area contributed by atoms with Crippen LogP contribution < -0.4 is 15.0 Å². The van der Waals surface area contributed by atoms with Crippen LogP contribution in [0.2, 0.25) is 0 Å². The maximum absolute atomic E-state index is 14.3. The Bertz CT molecular complexity index is 1100. The molecular weight excluding hydrogens is 483 g/mol. The van der Waals surface area contributed by atoms with E-state index in [2.05, 4.69) is 16.6 Å². The number of hydrogen-bond donors (Lipinski definition) is 2. The lowest BCUT2D eigenvalue weighted by Gasteiger charge is -2.29. The molecule has 2 aromatic rings. The highest BCUT2D eigenvalue weighted by molar-refractivity contribution is 5.87. The highest BCUT2D eigenvalue weighted by Crippen LogP contribution is 2.39. The number of halogens is 5. The fourth-order valence-corrected chi connectivity index (χ4v) is 3.71. The van der Waals surface area contributed by atoms with Crippen LogP contribution in [-0.2, 0) is 17.8 Å². The number of carbonyl (C=O) groups is 1. The number of hydrogen-bond acceptors (Lipinski definition) is 4. The van der Waals surface area contributed by atoms with Gasteiger partial charge in [0, 0.05) is 19.4 Å². The van der Waals surface area contributed by atoms with Crippen LogP contribution in [0.25, 0.3) is 11.1 Å². The number of amides is 1. The first-order chi connectivity index (χ1) is 16.9. The molecule has 36 heavy (non-hydrogen) atoms. The van der Waals surface area contributed by atoms with Crippen LogP contribution in [-0.4, -0.2) is 30.5 Å². The van der Waals surface area contributed by atoms with Gasteiger partial charge >= 0.3 is 12.9 Å². The number of carbonyl (C=O) groups excluding carboxylic acids is 1. The molecule has 0 aliphatic heterocycles. The smallest absolute Gasteiger partial charge is 0.406 e. The molecule has 0 spiro atoms. The minimum absolute atomic E-state index is 0.0380. The molecule has 0 aliphatic carbocycles. The number of anilines is 1. The third kappa shape index (κ3) is 7.55. The summed E-state index contributed by atoms with van der Waals surface area (Å²) in [5.41, 5.74) is 3.09. The number of rotatable bonds is 11. The van der Waals surface area contributed by atoms with Crippen molar-refractivity contribution in [1.82, 2.24) is 5.32 Å². The summed E-state index contributed by atoms with van der Waals surface area (Å²) >= 11 is 0. The minimum Gasteiger partial charge on any atom is -0.406 e. The van der Waals surface area contributed by atoms with Crippen LogP contribution in [0.15, 0.2) is 54.8 Å². The van der Waals surface area contributed by atoms with E-state index in [1.54, 1.807) is 19.9 Å². The van der Waals surface area contributed by atoms with E-state index in [0.717, 1.165) is 23.1 Å². The SMILES string of the molecule is C=CC(=O)NCc1cc(-c2ccc(OC(F)(F)F)cc2)c(C)c(N(/C=C(\C)CC)C(F)F)c1CCO. The molecule has 1 amide bonds. The molecule has 0 aromatic heterocycles. The Kier molecular flexibility index (Phi) is 10.0. The third-order valence-electron chi connectivity index (χ3n) is 5.54. The maximum atomic E-state index is 14.3. The fraction of sp³-hybridized carbons (Fsp3) is 0.346. The van der Waals surface area contributed by atoms with Gasteiger partial charge in [-0.15, -0.1) is 13.2 Å². The number of nitrogens with one attached hydrogen (secondary N) is 1. The summed E-state index contributed by atoms with van der Waals surface area (Å²) in [5.74, 6) is -0.898. The van der Waals surface area contributed by atoms with Gasteiger partial charge in [0.05, 0.1) is 5.69 Å². The highest BCUT2D eigenvalue weighted by Gasteiger charge is 2.31. The van der Waals surface area contributed by atoms with Gasteiger partial charge in [-0.25, -0.2) is 0 Å². The Morgan fingerprint density at radius 3 is 2.39 bits per heavy atom. The lowest BCUT2D eigenvalue weighted by Crippen LogP contribution is -2.27. The summed E-state index contributed by atoms with van der Waals surface area (Å²) in [6, 6.07) is 6.73. The lowest BCUT2D eigenvalue weighted by atomic mass is 9.90. The van der Waals surface area contributed by atoms with Crippen molar-refractivity contribution in [2.45, 2.75) is 53.1 Å². The molecule has 0 unspecified atom stereocenters. The summed E-state index contributed by atoms with van der Waals surface area (Å²) in [7, 11) is 0. The van der Waals surface area contributed by atoms with Crippen LogP contribution in [0.5, 0.6) is 5.75 Å². The summed E-state index contributed by atoms with van der Waals surface area (Å²) in [4.78, 5) is 12.6. The second-order valence-corrected chi connectivity index (χ2v) is 8.02. The van der Waals surface area contributed by atoms with Crippen molar-refractivity contribution in [3.63, 3.8) is 0 Å². The summed E-state index contributed by atoms with van der Waals surface area (Å²) < 4.78 is 70.3. The maximum Gasteiger partial charge on any atom is 0.573 e. The fourth-order valence-electron chi connectivity index (χ4n) is 3.71. The lowest BCUT2D eigenvalue weighted by molar-refractivity contribution is -0.274. The molecule has 196 valence electrons. The van der Waals surface area contributed by atoms with E-state index in [1.165, 1.54) is 18.3 Å². The highest BCUT2D eigenvalue weighted by atomic mass is 19.4. The van der Waals surface area contributed by atoms with Gasteiger partial charge in [0.25, 0.3) is 0 Å². The van der Waals surface area contributed by atoms with Crippen molar-refractivity contribution in [1.29, 1.82) is 0 Å². The zero-order valence-corrected chi connectivity index (χ0v) is 20.3. The number of allylic oxidation sites excluding steroid dienone is 1. The van der Waals surface area contributed by atoms with Crippen molar-refractivity contribution in [3.05, 3.63) is 71.5 Å². The molecule has 0 atom stereocenters. The van der Waals surface area contributed by atoms with E-state index in [1.807, 2.05) is 6.92 Å². The summed E-state index contributed by atoms with van der Waals surface area (Å²) in [6.45, 7) is 5.28. The van der Waals surface area contributed by atoms with Crippen LogP contribution in [0, 0.1) is 6.92 Å². The summed E-state index contributed by atoms with van der Waals surface area (Å²) in [6.07, 6.45) is -1.88. The number of benzene rings is 2. The van der Waals surface area contributed by atoms with Gasteiger partial charge in [-0.2, -0.15) is 8.78 Å². The molecule has 0 saturated heterocycles. The first-order valence-corrected chi connectivity index (χ1v) is 11.2. The monoisotopic (exact) mass is 512 g/mol. The first kappa shape index (κ1) is 28.8. The third-order valence-corrected chi connectivity index (χ3v) is 5.54. The average Bonchev–Trinajstić information content (AvgIpc) is 2.82. The Balaban J connectivity index is 2.79. The molecule has 0 bridgehead atoms. The van der Waals surface area contributed by atoms with Crippen LogP contribution in [0.3, 0.4) is 0 Å². The quantitative estimate of drug-likeness (QED) is 0.213. The van der Waals surface area contributed by atoms with E-state index in [9.17, 15) is 31.9 Å². The average molecular weight is 513 g/mol. The van der Waals surface area contributed by atoms with E-state index < -0.39 is 24.6 Å². The normalized spacial score (nSPS) is 12.0. The molecule has 0 heterocycles. The predicted octanol–water partition coefficient (Wildman–Crippen LogP) is 6.24. The van der Waals surface area contributed by atoms with Gasteiger partial charge in [-0.05, 0) is 78.8 Å². The van der Waals surface area contributed by atoms with E-state index >= 15 is 0 Å². The summed E-state index contributed by atoms with van der Waals surface area (Å²) in [5, 5.41) is 12.3. The van der Waals surface area contributed by atoms with Crippen molar-refractivity contribution < 1.29 is 36.6 Å². The topological polar surface area (TPSA) is 61.8 Å². The van der Waals surface area contributed by atoms with Gasteiger partial charge in [-0.3, -0.25) is 9.69 Å². The minimum atomic E-state index is -4.85. The van der Waals surface area contributed by atoms with E-state index in [-0.39, 0.29) is 25.3 Å². The first-order valence-electron chi connectivity index (χ1n) is 11.2. The van der Waals surface area contributed by atoms with Gasteiger partial charge in [0.15, 0.2) is 0 Å². The molecule has 2 N–H and O–H groups in total. The molecule has 0 saturated carbocycles. The Morgan fingerprint density at radius 2 is 1.89 bits per heavy atom. The molecule has 0 fully saturated rings. The van der Waals surface area contributed by atoms with Gasteiger partial charge < -0.3 is 15.2 Å². The molecule has 2 rings (SSSR count). The molecule has 0 aliphatic rings. The molecule has 2 aromatic carbocycles. The largest absolute Gasteiger partial charge is 0.573 e. The van der Waals surface area contributed by atoms with Crippen LogP contribution in [0.1, 0.15) is 37.0 Å². The number of aliphatic hydroxyl groups is 1. The van der Waals surface area contributed by atoms with Crippen molar-refractivity contribution >= 4 is 11.6 Å². The van der Waals surface area contributed by atoms with E-state index in [0.29, 0.717) is 39.8 Å². The number of aliphatic hydroxyl groups excluding tert-OH is 1. The van der Waals surface area contributed by atoms with E-state index in [4.69, 9.17) is 0 Å². The zero-order chi connectivity index (χ0) is 27.0. The molecular formula is C26H29F5N2O3. The van der Waals surface area contributed by atoms with Gasteiger partial charge in [0.2, 0.25) is 5.91 Å². The molecule has 10 heteroatoms. The van der Waals surface area contributed by atoms with Gasteiger partial charge in [0.1, 0.15) is 5.75 Å². The Hall–Kier alpha value is -3.40. The second kappa shape index (κ2) is 12.5. The Labute approximate surface area is 206 Å². The van der Waals surface area contributed by atoms with Crippen LogP contribution in [0.4, 0.5) is 27.6 Å². The Morgan fingerprint density at radius 1 is 1.25 bits per heavy atom. The zero-order valence-electron chi connectivity index (χ0n) is 20.3. The molecule has 5 nitrogen and oxygen atoms in total. The predicted molar refractivity (Wildman–Crippen MR) is 129 cm³/mol. The number of nitrogens with zero attached hydrogens (tertiary/aromatic N) is 1.